The second-order valence-electron chi connectivity index (χ2n) is 6.11. The molecule has 2 rings (SSSR count). The summed E-state index contributed by atoms with van der Waals surface area (Å²) in [5.41, 5.74) is 1.03. The fourth-order valence-corrected chi connectivity index (χ4v) is 2.65. The van der Waals surface area contributed by atoms with E-state index >= 15 is 0 Å². The Labute approximate surface area is 127 Å². The first-order chi connectivity index (χ1) is 10.0. The lowest BCUT2D eigenvalue weighted by atomic mass is 10.2. The second kappa shape index (κ2) is 6.86. The van der Waals surface area contributed by atoms with E-state index in [1.54, 1.807) is 0 Å². The summed E-state index contributed by atoms with van der Waals surface area (Å²) in [4.78, 5) is 13.9. The highest BCUT2D eigenvalue weighted by Crippen LogP contribution is 2.19. The summed E-state index contributed by atoms with van der Waals surface area (Å²) < 4.78 is 0. The highest BCUT2D eigenvalue weighted by molar-refractivity contribution is 5.40. The van der Waals surface area contributed by atoms with Crippen LogP contribution in [0.15, 0.2) is 6.07 Å². The standard InChI is InChI=1S/C16H25N5/c1-12(2)16-18-13(3)11-15(19-16)21-9-7-20(8-10-21)14(4)5-6-17/h11-12,14H,5,7-10H2,1-4H3/t14-/m0/s1. The molecule has 0 spiro atoms. The maximum Gasteiger partial charge on any atom is 0.133 e. The minimum absolute atomic E-state index is 0.343. The van der Waals surface area contributed by atoms with E-state index in [2.05, 4.69) is 47.7 Å². The van der Waals surface area contributed by atoms with Crippen LogP contribution in [-0.2, 0) is 0 Å². The third kappa shape index (κ3) is 3.92. The van der Waals surface area contributed by atoms with Gasteiger partial charge in [0, 0.05) is 49.9 Å². The molecule has 5 heteroatoms. The van der Waals surface area contributed by atoms with E-state index in [4.69, 9.17) is 10.2 Å². The lowest BCUT2D eigenvalue weighted by Crippen LogP contribution is -2.49. The molecule has 1 aliphatic rings. The Hall–Kier alpha value is -1.67. The van der Waals surface area contributed by atoms with Crippen molar-refractivity contribution in [2.24, 2.45) is 0 Å². The SMILES string of the molecule is Cc1cc(N2CCN([C@@H](C)CC#N)CC2)nc(C(C)C)n1. The average Bonchev–Trinajstić information content (AvgIpc) is 2.47. The Morgan fingerprint density at radius 1 is 1.19 bits per heavy atom. The molecule has 1 atom stereocenters. The lowest BCUT2D eigenvalue weighted by Gasteiger charge is -2.38. The quantitative estimate of drug-likeness (QED) is 0.850. The van der Waals surface area contributed by atoms with E-state index in [9.17, 15) is 0 Å². The van der Waals surface area contributed by atoms with Crippen molar-refractivity contribution in [1.29, 1.82) is 5.26 Å². The normalized spacial score (nSPS) is 17.8. The summed E-state index contributed by atoms with van der Waals surface area (Å²) in [5, 5.41) is 8.81. The lowest BCUT2D eigenvalue weighted by molar-refractivity contribution is 0.199. The highest BCUT2D eigenvalue weighted by atomic mass is 15.3. The number of anilines is 1. The van der Waals surface area contributed by atoms with Crippen LogP contribution >= 0.6 is 0 Å². The van der Waals surface area contributed by atoms with Gasteiger partial charge in [-0.2, -0.15) is 5.26 Å². The van der Waals surface area contributed by atoms with Gasteiger partial charge in [0.2, 0.25) is 0 Å². The van der Waals surface area contributed by atoms with Crippen molar-refractivity contribution in [3.05, 3.63) is 17.6 Å². The van der Waals surface area contributed by atoms with Crippen LogP contribution in [0.5, 0.6) is 0 Å². The van der Waals surface area contributed by atoms with Gasteiger partial charge in [-0.3, -0.25) is 4.90 Å². The molecule has 1 saturated heterocycles. The van der Waals surface area contributed by atoms with Crippen molar-refractivity contribution in [3.63, 3.8) is 0 Å². The van der Waals surface area contributed by atoms with Crippen molar-refractivity contribution in [2.45, 2.75) is 46.1 Å². The van der Waals surface area contributed by atoms with Gasteiger partial charge in [0.1, 0.15) is 11.6 Å². The van der Waals surface area contributed by atoms with Crippen molar-refractivity contribution in [2.75, 3.05) is 31.1 Å². The van der Waals surface area contributed by atoms with Gasteiger partial charge in [0.05, 0.1) is 12.5 Å². The van der Waals surface area contributed by atoms with Crippen molar-refractivity contribution < 1.29 is 0 Å². The fraction of sp³-hybridized carbons (Fsp3) is 0.688. The Bertz CT molecular complexity index is 512. The van der Waals surface area contributed by atoms with Crippen molar-refractivity contribution >= 4 is 5.82 Å². The van der Waals surface area contributed by atoms with Crippen LogP contribution in [0.2, 0.25) is 0 Å². The second-order valence-corrected chi connectivity index (χ2v) is 6.11. The molecule has 0 unspecified atom stereocenters. The third-order valence-corrected chi connectivity index (χ3v) is 4.02. The molecule has 21 heavy (non-hydrogen) atoms. The Morgan fingerprint density at radius 3 is 2.43 bits per heavy atom. The molecule has 0 radical (unpaired) electrons. The number of nitrogens with zero attached hydrogens (tertiary/aromatic N) is 5. The molecule has 0 saturated carbocycles. The minimum atomic E-state index is 0.343. The topological polar surface area (TPSA) is 56.0 Å². The van der Waals surface area contributed by atoms with E-state index in [1.165, 1.54) is 0 Å². The first-order valence-electron chi connectivity index (χ1n) is 7.72. The zero-order valence-corrected chi connectivity index (χ0v) is 13.5. The smallest absolute Gasteiger partial charge is 0.133 e. The van der Waals surface area contributed by atoms with Gasteiger partial charge in [-0.1, -0.05) is 13.8 Å². The highest BCUT2D eigenvalue weighted by Gasteiger charge is 2.22. The molecule has 1 aliphatic heterocycles. The number of rotatable bonds is 4. The number of piperazine rings is 1. The molecule has 1 aromatic rings. The van der Waals surface area contributed by atoms with Crippen LogP contribution in [0.4, 0.5) is 5.82 Å². The van der Waals surface area contributed by atoms with Crippen molar-refractivity contribution in [1.82, 2.24) is 14.9 Å². The van der Waals surface area contributed by atoms with Crippen molar-refractivity contribution in [3.8, 4) is 6.07 Å². The summed E-state index contributed by atoms with van der Waals surface area (Å²) >= 11 is 0. The van der Waals surface area contributed by atoms with Gasteiger partial charge in [-0.15, -0.1) is 0 Å². The van der Waals surface area contributed by atoms with E-state index in [0.29, 0.717) is 18.4 Å². The maximum absolute atomic E-state index is 8.81. The molecule has 114 valence electrons. The third-order valence-electron chi connectivity index (χ3n) is 4.02. The summed E-state index contributed by atoms with van der Waals surface area (Å²) in [5.74, 6) is 2.31. The molecule has 1 aromatic heterocycles. The van der Waals surface area contributed by atoms with Gasteiger partial charge in [-0.25, -0.2) is 9.97 Å². The molecule has 2 heterocycles. The minimum Gasteiger partial charge on any atom is -0.354 e. The Morgan fingerprint density at radius 2 is 1.86 bits per heavy atom. The van der Waals surface area contributed by atoms with Crippen LogP contribution in [0, 0.1) is 18.3 Å². The van der Waals surface area contributed by atoms with Crippen LogP contribution in [0.3, 0.4) is 0 Å². The average molecular weight is 287 g/mol. The van der Waals surface area contributed by atoms with Crippen LogP contribution in [-0.4, -0.2) is 47.1 Å². The van der Waals surface area contributed by atoms with Gasteiger partial charge < -0.3 is 4.90 Å². The number of aromatic nitrogens is 2. The monoisotopic (exact) mass is 287 g/mol. The summed E-state index contributed by atoms with van der Waals surface area (Å²) in [6, 6.07) is 4.67. The van der Waals surface area contributed by atoms with E-state index in [0.717, 1.165) is 43.5 Å². The summed E-state index contributed by atoms with van der Waals surface area (Å²) in [6.45, 7) is 12.3. The maximum atomic E-state index is 8.81. The molecular weight excluding hydrogens is 262 g/mol. The van der Waals surface area contributed by atoms with E-state index < -0.39 is 0 Å². The molecule has 0 aliphatic carbocycles. The van der Waals surface area contributed by atoms with E-state index in [1.807, 2.05) is 6.92 Å². The number of hydrogen-bond donors (Lipinski definition) is 0. The van der Waals surface area contributed by atoms with E-state index in [-0.39, 0.29) is 0 Å². The number of hydrogen-bond acceptors (Lipinski definition) is 5. The predicted octanol–water partition coefficient (Wildman–Crippen LogP) is 2.33. The molecule has 0 amide bonds. The zero-order chi connectivity index (χ0) is 15.4. The Kier molecular flexibility index (Phi) is 5.13. The van der Waals surface area contributed by atoms with Gasteiger partial charge >= 0.3 is 0 Å². The van der Waals surface area contributed by atoms with Crippen LogP contribution < -0.4 is 4.90 Å². The first kappa shape index (κ1) is 15.7. The first-order valence-corrected chi connectivity index (χ1v) is 7.72. The summed E-state index contributed by atoms with van der Waals surface area (Å²) in [6.07, 6.45) is 0.601. The molecule has 0 bridgehead atoms. The molecular formula is C16H25N5. The largest absolute Gasteiger partial charge is 0.354 e. The zero-order valence-electron chi connectivity index (χ0n) is 13.5. The molecule has 1 fully saturated rings. The van der Waals surface area contributed by atoms with Gasteiger partial charge in [0.15, 0.2) is 0 Å². The molecule has 0 N–H and O–H groups in total. The fourth-order valence-electron chi connectivity index (χ4n) is 2.65. The molecule has 0 aromatic carbocycles. The van der Waals surface area contributed by atoms with Crippen LogP contribution in [0.25, 0.3) is 0 Å². The Balaban J connectivity index is 2.04. The number of aryl methyl sites for hydroxylation is 1. The number of nitriles is 1. The van der Waals surface area contributed by atoms with Gasteiger partial charge in [-0.05, 0) is 13.8 Å². The molecule has 5 nitrogen and oxygen atoms in total. The summed E-state index contributed by atoms with van der Waals surface area (Å²) in [7, 11) is 0. The predicted molar refractivity (Wildman–Crippen MR) is 84.3 cm³/mol. The van der Waals surface area contributed by atoms with Gasteiger partial charge in [0.25, 0.3) is 0 Å². The van der Waals surface area contributed by atoms with Crippen LogP contribution in [0.1, 0.15) is 44.6 Å².